The van der Waals surface area contributed by atoms with Gasteiger partial charge < -0.3 is 20.3 Å². The predicted molar refractivity (Wildman–Crippen MR) is 160 cm³/mol. The number of ether oxygens (including phenoxy) is 1. The highest BCUT2D eigenvalue weighted by Gasteiger charge is 2.37. The molecule has 7 nitrogen and oxygen atoms in total. The van der Waals surface area contributed by atoms with Crippen LogP contribution in [-0.4, -0.2) is 53.0 Å². The van der Waals surface area contributed by atoms with Gasteiger partial charge >= 0.3 is 6.09 Å². The van der Waals surface area contributed by atoms with Gasteiger partial charge in [-0.3, -0.25) is 9.59 Å². The maximum atomic E-state index is 14.2. The van der Waals surface area contributed by atoms with Crippen LogP contribution in [0.2, 0.25) is 0 Å². The Balaban J connectivity index is 2.59. The fourth-order valence-electron chi connectivity index (χ4n) is 4.27. The van der Waals surface area contributed by atoms with Crippen molar-refractivity contribution in [2.75, 3.05) is 23.9 Å². The summed E-state index contributed by atoms with van der Waals surface area (Å²) >= 11 is 1.57. The number of carbonyl (C=O) groups excluding carboxylic acids is 3. The van der Waals surface area contributed by atoms with Crippen LogP contribution in [0.3, 0.4) is 0 Å². The molecule has 2 rings (SSSR count). The molecule has 0 aliphatic rings. The number of thioether (sulfide) groups is 1. The van der Waals surface area contributed by atoms with Gasteiger partial charge in [0.2, 0.25) is 5.91 Å². The molecule has 2 unspecified atom stereocenters. The van der Waals surface area contributed by atoms with E-state index in [1.54, 1.807) is 56.8 Å². The largest absolute Gasteiger partial charge is 0.444 e. The first kappa shape index (κ1) is 31.8. The molecule has 0 aliphatic heterocycles. The number of carbonyl (C=O) groups is 3. The average Bonchev–Trinajstić information content (AvgIpc) is 2.87. The van der Waals surface area contributed by atoms with Crippen LogP contribution in [0.4, 0.5) is 10.5 Å². The molecule has 0 spiro atoms. The van der Waals surface area contributed by atoms with E-state index in [4.69, 9.17) is 11.2 Å². The summed E-state index contributed by atoms with van der Waals surface area (Å²) in [6.45, 7) is 11.4. The Morgan fingerprint density at radius 1 is 1.08 bits per heavy atom. The highest BCUT2D eigenvalue weighted by atomic mass is 32.2. The van der Waals surface area contributed by atoms with Crippen molar-refractivity contribution in [2.45, 2.75) is 72.1 Å². The molecule has 2 atom stereocenters. The number of benzene rings is 2. The number of alkyl carbamates (subject to hydrolysis) is 1. The Hall–Kier alpha value is -3.44. The molecule has 0 radical (unpaired) electrons. The van der Waals surface area contributed by atoms with Crippen molar-refractivity contribution in [3.05, 3.63) is 64.7 Å². The molecule has 2 N–H and O–H groups in total. The lowest BCUT2D eigenvalue weighted by Crippen LogP contribution is -2.53. The Morgan fingerprint density at radius 3 is 2.28 bits per heavy atom. The average molecular weight is 552 g/mol. The van der Waals surface area contributed by atoms with Crippen LogP contribution in [0.1, 0.15) is 68.8 Å². The maximum absolute atomic E-state index is 14.2. The van der Waals surface area contributed by atoms with Crippen molar-refractivity contribution in [2.24, 2.45) is 0 Å². The number of hydrogen-bond acceptors (Lipinski definition) is 5. The number of para-hydroxylation sites is 1. The molecule has 0 bridgehead atoms. The molecule has 3 amide bonds. The summed E-state index contributed by atoms with van der Waals surface area (Å²) in [6.07, 6.45) is 8.05. The van der Waals surface area contributed by atoms with Crippen molar-refractivity contribution in [1.82, 2.24) is 10.2 Å². The highest BCUT2D eigenvalue weighted by molar-refractivity contribution is 7.98. The molecular formula is C31H41N3O4S. The van der Waals surface area contributed by atoms with Gasteiger partial charge in [0.05, 0.1) is 0 Å². The van der Waals surface area contributed by atoms with Gasteiger partial charge in [0.25, 0.3) is 5.91 Å². The number of nitrogens with zero attached hydrogens (tertiary/aromatic N) is 1. The Bertz CT molecular complexity index is 1180. The molecule has 8 heteroatoms. The second-order valence-electron chi connectivity index (χ2n) is 10.4. The molecule has 0 aromatic heterocycles. The summed E-state index contributed by atoms with van der Waals surface area (Å²) in [5.41, 5.74) is 2.86. The van der Waals surface area contributed by atoms with Crippen molar-refractivity contribution in [3.63, 3.8) is 0 Å². The maximum Gasteiger partial charge on any atom is 0.408 e. The van der Waals surface area contributed by atoms with Gasteiger partial charge in [-0.05, 0) is 82.2 Å². The van der Waals surface area contributed by atoms with E-state index in [9.17, 15) is 14.4 Å². The number of aryl methyl sites for hydroxylation is 2. The molecule has 39 heavy (non-hydrogen) atoms. The summed E-state index contributed by atoms with van der Waals surface area (Å²) < 4.78 is 5.44. The third-order valence-corrected chi connectivity index (χ3v) is 6.69. The van der Waals surface area contributed by atoms with Gasteiger partial charge in [-0.25, -0.2) is 4.79 Å². The molecule has 2 aromatic carbocycles. The molecule has 0 saturated heterocycles. The van der Waals surface area contributed by atoms with E-state index < -0.39 is 23.8 Å². The predicted octanol–water partition coefficient (Wildman–Crippen LogP) is 5.85. The first-order chi connectivity index (χ1) is 18.4. The normalized spacial score (nSPS) is 12.6. The zero-order valence-corrected chi connectivity index (χ0v) is 24.9. The SMILES string of the molecule is C#Cc1ccccc1C(C(=O)Nc1c(C)cccc1C)N(CCC)C(=O)C(CCSC)NC(=O)OC(C)(C)C. The number of amides is 3. The monoisotopic (exact) mass is 551 g/mol. The van der Waals surface area contributed by atoms with Crippen molar-refractivity contribution >= 4 is 35.4 Å². The van der Waals surface area contributed by atoms with Crippen LogP contribution in [0, 0.1) is 26.2 Å². The second kappa shape index (κ2) is 14.6. The van der Waals surface area contributed by atoms with E-state index >= 15 is 0 Å². The fraction of sp³-hybridized carbons (Fsp3) is 0.452. The zero-order valence-electron chi connectivity index (χ0n) is 24.1. The summed E-state index contributed by atoms with van der Waals surface area (Å²) in [7, 11) is 0. The Labute approximate surface area is 237 Å². The third kappa shape index (κ3) is 9.07. The fourth-order valence-corrected chi connectivity index (χ4v) is 4.74. The lowest BCUT2D eigenvalue weighted by atomic mass is 9.96. The van der Waals surface area contributed by atoms with Gasteiger partial charge in [0, 0.05) is 17.8 Å². The molecule has 0 aliphatic carbocycles. The lowest BCUT2D eigenvalue weighted by Gasteiger charge is -2.35. The smallest absolute Gasteiger partial charge is 0.408 e. The van der Waals surface area contributed by atoms with E-state index in [-0.39, 0.29) is 18.4 Å². The summed E-state index contributed by atoms with van der Waals surface area (Å²) in [5.74, 6) is 2.55. The van der Waals surface area contributed by atoms with Gasteiger partial charge in [-0.2, -0.15) is 11.8 Å². The molecule has 0 heterocycles. The van der Waals surface area contributed by atoms with Crippen LogP contribution in [0.25, 0.3) is 0 Å². The minimum Gasteiger partial charge on any atom is -0.444 e. The number of anilines is 1. The van der Waals surface area contributed by atoms with Crippen molar-refractivity contribution in [1.29, 1.82) is 0 Å². The van der Waals surface area contributed by atoms with Crippen LogP contribution in [0.15, 0.2) is 42.5 Å². The quantitative estimate of drug-likeness (QED) is 0.342. The topological polar surface area (TPSA) is 87.7 Å². The van der Waals surface area contributed by atoms with E-state index in [1.807, 2.05) is 45.2 Å². The number of rotatable bonds is 11. The van der Waals surface area contributed by atoms with E-state index in [0.717, 1.165) is 11.1 Å². The first-order valence-electron chi connectivity index (χ1n) is 13.1. The molecule has 0 fully saturated rings. The van der Waals surface area contributed by atoms with E-state index in [0.29, 0.717) is 35.4 Å². The summed E-state index contributed by atoms with van der Waals surface area (Å²) in [5, 5.41) is 5.81. The van der Waals surface area contributed by atoms with Crippen LogP contribution in [-0.2, 0) is 14.3 Å². The first-order valence-corrected chi connectivity index (χ1v) is 14.5. The molecular weight excluding hydrogens is 510 g/mol. The Kier molecular flexibility index (Phi) is 11.9. The standard InChI is InChI=1S/C31H41N3O4S/c1-9-19-34(29(36)25(18-20-39-8)32-30(37)38-31(5,6)7)27(24-17-12-11-16-23(24)10-2)28(35)33-26-21(3)14-13-15-22(26)4/h2,11-17,25,27H,9,18-20H2,1,3-8H3,(H,32,37)(H,33,35). The van der Waals surface area contributed by atoms with Crippen molar-refractivity contribution in [3.8, 4) is 12.3 Å². The zero-order chi connectivity index (χ0) is 29.2. The van der Waals surface area contributed by atoms with Gasteiger partial charge in [0.15, 0.2) is 0 Å². The van der Waals surface area contributed by atoms with Crippen molar-refractivity contribution < 1.29 is 19.1 Å². The van der Waals surface area contributed by atoms with Crippen LogP contribution >= 0.6 is 11.8 Å². The van der Waals surface area contributed by atoms with E-state index in [1.165, 1.54) is 4.90 Å². The van der Waals surface area contributed by atoms with Gasteiger partial charge in [-0.15, -0.1) is 6.42 Å². The number of hydrogen-bond donors (Lipinski definition) is 2. The Morgan fingerprint density at radius 2 is 1.72 bits per heavy atom. The third-order valence-electron chi connectivity index (χ3n) is 6.05. The van der Waals surface area contributed by atoms with E-state index in [2.05, 4.69) is 16.6 Å². The van der Waals surface area contributed by atoms with Gasteiger partial charge in [-0.1, -0.05) is 49.2 Å². The van der Waals surface area contributed by atoms with Crippen LogP contribution in [0.5, 0.6) is 0 Å². The minimum atomic E-state index is -1.01. The highest BCUT2D eigenvalue weighted by Crippen LogP contribution is 2.29. The molecule has 0 saturated carbocycles. The van der Waals surface area contributed by atoms with Crippen LogP contribution < -0.4 is 10.6 Å². The molecule has 2 aromatic rings. The number of nitrogens with one attached hydrogen (secondary N) is 2. The second-order valence-corrected chi connectivity index (χ2v) is 11.4. The lowest BCUT2D eigenvalue weighted by molar-refractivity contribution is -0.140. The number of terminal acetylenes is 1. The molecule has 210 valence electrons. The summed E-state index contributed by atoms with van der Waals surface area (Å²) in [4.78, 5) is 42.4. The summed E-state index contributed by atoms with van der Waals surface area (Å²) in [6, 6.07) is 11.0. The van der Waals surface area contributed by atoms with Gasteiger partial charge in [0.1, 0.15) is 17.7 Å². The minimum absolute atomic E-state index is 0.286.